The molecule has 1 unspecified atom stereocenters. The summed E-state index contributed by atoms with van der Waals surface area (Å²) in [5.74, 6) is 1.20. The Morgan fingerprint density at radius 3 is 2.43 bits per heavy atom. The van der Waals surface area contributed by atoms with Gasteiger partial charge in [0.15, 0.2) is 0 Å². The van der Waals surface area contributed by atoms with Crippen LogP contribution in [0.15, 0.2) is 11.2 Å². The number of hydrogen-bond donors (Lipinski definition) is 0. The first-order valence-corrected chi connectivity index (χ1v) is 4.79. The van der Waals surface area contributed by atoms with E-state index < -0.39 is 0 Å². The Hall–Kier alpha value is -1.45. The van der Waals surface area contributed by atoms with Gasteiger partial charge in [0.05, 0.1) is 6.54 Å². The van der Waals surface area contributed by atoms with Crippen LogP contribution in [0.2, 0.25) is 0 Å². The summed E-state index contributed by atoms with van der Waals surface area (Å²) in [6, 6.07) is 1.96. The van der Waals surface area contributed by atoms with Gasteiger partial charge in [0, 0.05) is 23.5 Å². The Morgan fingerprint density at radius 2 is 1.93 bits per heavy atom. The predicted molar refractivity (Wildman–Crippen MR) is 56.5 cm³/mol. The zero-order valence-electron chi connectivity index (χ0n) is 8.73. The van der Waals surface area contributed by atoms with Gasteiger partial charge in [-0.25, -0.2) is 15.0 Å². The molecule has 0 N–H and O–H groups in total. The third-order valence-corrected chi connectivity index (χ3v) is 2.12. The molecule has 4 heteroatoms. The van der Waals surface area contributed by atoms with Crippen molar-refractivity contribution in [3.05, 3.63) is 17.5 Å². The monoisotopic (exact) mass is 190 g/mol. The Balaban J connectivity index is 2.28. The molecule has 0 saturated heterocycles. The molecule has 1 aliphatic rings. The molecule has 1 atom stereocenters. The lowest BCUT2D eigenvalue weighted by molar-refractivity contribution is 0.754. The van der Waals surface area contributed by atoms with E-state index in [4.69, 9.17) is 0 Å². The van der Waals surface area contributed by atoms with E-state index in [9.17, 15) is 0 Å². The van der Waals surface area contributed by atoms with E-state index in [1.807, 2.05) is 31.1 Å². The van der Waals surface area contributed by atoms with Crippen molar-refractivity contribution in [1.82, 2.24) is 9.97 Å². The second kappa shape index (κ2) is 3.36. The zero-order chi connectivity index (χ0) is 10.1. The van der Waals surface area contributed by atoms with Gasteiger partial charge in [-0.2, -0.15) is 5.10 Å². The maximum Gasteiger partial charge on any atom is 0.246 e. The smallest absolute Gasteiger partial charge is 0.231 e. The van der Waals surface area contributed by atoms with Crippen molar-refractivity contribution in [3.8, 4) is 0 Å². The first-order chi connectivity index (χ1) is 6.65. The fourth-order valence-electron chi connectivity index (χ4n) is 1.52. The minimum Gasteiger partial charge on any atom is -0.231 e. The van der Waals surface area contributed by atoms with Crippen molar-refractivity contribution in [1.29, 1.82) is 0 Å². The van der Waals surface area contributed by atoms with E-state index in [1.165, 1.54) is 0 Å². The van der Waals surface area contributed by atoms with Crippen molar-refractivity contribution in [3.63, 3.8) is 0 Å². The van der Waals surface area contributed by atoms with Gasteiger partial charge in [-0.15, -0.1) is 0 Å². The molecule has 0 amide bonds. The molecule has 2 rings (SSSR count). The molecule has 74 valence electrons. The highest BCUT2D eigenvalue weighted by atomic mass is 15.5. The molecule has 0 bridgehead atoms. The van der Waals surface area contributed by atoms with Crippen LogP contribution in [-0.4, -0.2) is 22.7 Å². The molecule has 0 aliphatic carbocycles. The highest BCUT2D eigenvalue weighted by molar-refractivity contribution is 5.66. The van der Waals surface area contributed by atoms with Crippen molar-refractivity contribution in [2.45, 2.75) is 20.8 Å². The van der Waals surface area contributed by atoms with Gasteiger partial charge in [-0.05, 0) is 19.9 Å². The molecular weight excluding hydrogens is 176 g/mol. The molecule has 2 heterocycles. The van der Waals surface area contributed by atoms with Crippen LogP contribution in [0.4, 0.5) is 5.95 Å². The fourth-order valence-corrected chi connectivity index (χ4v) is 1.52. The van der Waals surface area contributed by atoms with Crippen molar-refractivity contribution >= 4 is 12.2 Å². The van der Waals surface area contributed by atoms with Crippen LogP contribution in [0.5, 0.6) is 0 Å². The van der Waals surface area contributed by atoms with Crippen LogP contribution in [0.3, 0.4) is 0 Å². The summed E-state index contributed by atoms with van der Waals surface area (Å²) in [5.41, 5.74) is 1.98. The largest absolute Gasteiger partial charge is 0.246 e. The van der Waals surface area contributed by atoms with Gasteiger partial charge in [-0.1, -0.05) is 6.92 Å². The minimum absolute atomic E-state index is 0.486. The van der Waals surface area contributed by atoms with Gasteiger partial charge >= 0.3 is 0 Å². The fraction of sp³-hybridized carbons (Fsp3) is 0.500. The second-order valence-electron chi connectivity index (χ2n) is 3.77. The molecule has 1 aromatic heterocycles. The topological polar surface area (TPSA) is 41.4 Å². The summed E-state index contributed by atoms with van der Waals surface area (Å²) < 4.78 is 0. The number of hydrazone groups is 1. The van der Waals surface area contributed by atoms with Crippen LogP contribution >= 0.6 is 0 Å². The Morgan fingerprint density at radius 1 is 1.29 bits per heavy atom. The predicted octanol–water partition coefficient (Wildman–Crippen LogP) is 1.54. The van der Waals surface area contributed by atoms with E-state index in [0.29, 0.717) is 11.9 Å². The van der Waals surface area contributed by atoms with E-state index in [0.717, 1.165) is 17.9 Å². The molecule has 0 aromatic carbocycles. The summed E-state index contributed by atoms with van der Waals surface area (Å²) in [5, 5.41) is 6.10. The van der Waals surface area contributed by atoms with E-state index in [2.05, 4.69) is 22.0 Å². The normalized spacial score (nSPS) is 20.5. The SMILES string of the molecule is Cc1cc(C)nc(N2CC(C)C=N2)n1. The van der Waals surface area contributed by atoms with Crippen molar-refractivity contribution in [2.75, 3.05) is 11.6 Å². The Bertz CT molecular complexity index is 352. The van der Waals surface area contributed by atoms with E-state index >= 15 is 0 Å². The van der Waals surface area contributed by atoms with Crippen LogP contribution in [0.25, 0.3) is 0 Å². The van der Waals surface area contributed by atoms with Crippen LogP contribution in [-0.2, 0) is 0 Å². The molecule has 0 saturated carbocycles. The first kappa shape index (κ1) is 9.12. The number of aromatic nitrogens is 2. The average molecular weight is 190 g/mol. The molecule has 4 nitrogen and oxygen atoms in total. The highest BCUT2D eigenvalue weighted by Crippen LogP contribution is 2.15. The van der Waals surface area contributed by atoms with Crippen LogP contribution < -0.4 is 5.01 Å². The molecular formula is C10H14N4. The van der Waals surface area contributed by atoms with Gasteiger partial charge in [0.25, 0.3) is 0 Å². The zero-order valence-corrected chi connectivity index (χ0v) is 8.73. The van der Waals surface area contributed by atoms with Crippen molar-refractivity contribution in [2.24, 2.45) is 11.0 Å². The van der Waals surface area contributed by atoms with E-state index in [1.54, 1.807) is 0 Å². The lowest BCUT2D eigenvalue weighted by Crippen LogP contribution is -2.19. The average Bonchev–Trinajstić information content (AvgIpc) is 2.50. The van der Waals surface area contributed by atoms with Crippen LogP contribution in [0.1, 0.15) is 18.3 Å². The number of rotatable bonds is 1. The van der Waals surface area contributed by atoms with Crippen molar-refractivity contribution < 1.29 is 0 Å². The molecule has 1 aromatic rings. The van der Waals surface area contributed by atoms with Gasteiger partial charge < -0.3 is 0 Å². The van der Waals surface area contributed by atoms with E-state index in [-0.39, 0.29) is 0 Å². The molecule has 14 heavy (non-hydrogen) atoms. The Labute approximate surface area is 83.7 Å². The first-order valence-electron chi connectivity index (χ1n) is 4.79. The number of anilines is 1. The lowest BCUT2D eigenvalue weighted by atomic mass is 10.2. The quantitative estimate of drug-likeness (QED) is 0.674. The summed E-state index contributed by atoms with van der Waals surface area (Å²) in [6.45, 7) is 6.96. The Kier molecular flexibility index (Phi) is 2.19. The van der Waals surface area contributed by atoms with Gasteiger partial charge in [-0.3, -0.25) is 0 Å². The second-order valence-corrected chi connectivity index (χ2v) is 3.77. The number of hydrogen-bond acceptors (Lipinski definition) is 4. The minimum atomic E-state index is 0.486. The standard InChI is InChI=1S/C10H14N4/c1-7-5-11-14(6-7)10-12-8(2)4-9(3)13-10/h4-5,7H,6H2,1-3H3. The molecule has 1 aliphatic heterocycles. The number of aryl methyl sites for hydroxylation is 2. The maximum atomic E-state index is 4.35. The molecule has 0 spiro atoms. The third kappa shape index (κ3) is 1.73. The highest BCUT2D eigenvalue weighted by Gasteiger charge is 2.17. The lowest BCUT2D eigenvalue weighted by Gasteiger charge is -2.13. The third-order valence-electron chi connectivity index (χ3n) is 2.12. The summed E-state index contributed by atoms with van der Waals surface area (Å²) in [4.78, 5) is 8.70. The molecule has 0 radical (unpaired) electrons. The van der Waals surface area contributed by atoms with Gasteiger partial charge in [0.2, 0.25) is 5.95 Å². The summed E-state index contributed by atoms with van der Waals surface area (Å²) in [6.07, 6.45) is 1.93. The maximum absolute atomic E-state index is 4.35. The molecule has 0 fully saturated rings. The summed E-state index contributed by atoms with van der Waals surface area (Å²) >= 11 is 0. The number of nitrogens with zero attached hydrogens (tertiary/aromatic N) is 4. The van der Waals surface area contributed by atoms with Crippen LogP contribution in [0, 0.1) is 19.8 Å². The summed E-state index contributed by atoms with van der Waals surface area (Å²) in [7, 11) is 0. The van der Waals surface area contributed by atoms with Gasteiger partial charge in [0.1, 0.15) is 0 Å².